The number of rotatable bonds is 6. The monoisotopic (exact) mass is 220 g/mol. The molecule has 1 aromatic rings. The molecule has 0 N–H and O–H groups in total. The fraction of sp³-hybridized carbons (Fsp3) is 0.231. The summed E-state index contributed by atoms with van der Waals surface area (Å²) >= 11 is 4.08. The Labute approximate surface area is 96.9 Å². The molecular formula is C13H16OS. The number of ether oxygens (including phenoxy) is 1. The molecule has 80 valence electrons. The first-order chi connectivity index (χ1) is 7.38. The summed E-state index contributed by atoms with van der Waals surface area (Å²) in [6.45, 7) is 4.32. The Morgan fingerprint density at radius 1 is 1.27 bits per heavy atom. The second-order valence-corrected chi connectivity index (χ2v) is 3.43. The molecule has 0 aliphatic carbocycles. The lowest BCUT2D eigenvalue weighted by Gasteiger charge is -2.07. The van der Waals surface area contributed by atoms with Crippen LogP contribution in [0.2, 0.25) is 0 Å². The molecule has 0 heterocycles. The van der Waals surface area contributed by atoms with Crippen LogP contribution in [0.15, 0.2) is 49.1 Å². The van der Waals surface area contributed by atoms with Crippen molar-refractivity contribution in [1.29, 1.82) is 0 Å². The molecule has 0 aliphatic heterocycles. The van der Waals surface area contributed by atoms with Crippen molar-refractivity contribution in [3.8, 4) is 5.75 Å². The summed E-state index contributed by atoms with van der Waals surface area (Å²) in [6.07, 6.45) is 6.66. The first kappa shape index (κ1) is 11.9. The normalized spacial score (nSPS) is 10.5. The van der Waals surface area contributed by atoms with Crippen molar-refractivity contribution < 1.29 is 4.74 Å². The SMILES string of the molecule is C=CCc1ccccc1OCC=CCS. The molecule has 0 aromatic heterocycles. The smallest absolute Gasteiger partial charge is 0.123 e. The van der Waals surface area contributed by atoms with E-state index in [4.69, 9.17) is 4.74 Å². The van der Waals surface area contributed by atoms with E-state index in [1.165, 1.54) is 5.56 Å². The van der Waals surface area contributed by atoms with Gasteiger partial charge in [-0.25, -0.2) is 0 Å². The van der Waals surface area contributed by atoms with Gasteiger partial charge in [0.05, 0.1) is 0 Å². The summed E-state index contributed by atoms with van der Waals surface area (Å²) in [5.41, 5.74) is 1.17. The third-order valence-electron chi connectivity index (χ3n) is 1.94. The zero-order valence-corrected chi connectivity index (χ0v) is 9.62. The van der Waals surface area contributed by atoms with Crippen molar-refractivity contribution in [3.63, 3.8) is 0 Å². The zero-order valence-electron chi connectivity index (χ0n) is 8.73. The van der Waals surface area contributed by atoms with Gasteiger partial charge in [-0.1, -0.05) is 36.4 Å². The van der Waals surface area contributed by atoms with E-state index in [-0.39, 0.29) is 0 Å². The lowest BCUT2D eigenvalue weighted by Crippen LogP contribution is -1.97. The van der Waals surface area contributed by atoms with Crippen molar-refractivity contribution >= 4 is 12.6 Å². The van der Waals surface area contributed by atoms with E-state index in [0.29, 0.717) is 6.61 Å². The molecular weight excluding hydrogens is 204 g/mol. The van der Waals surface area contributed by atoms with Gasteiger partial charge in [0, 0.05) is 5.75 Å². The number of para-hydroxylation sites is 1. The highest BCUT2D eigenvalue weighted by molar-refractivity contribution is 7.80. The highest BCUT2D eigenvalue weighted by Crippen LogP contribution is 2.18. The Morgan fingerprint density at radius 3 is 2.80 bits per heavy atom. The topological polar surface area (TPSA) is 9.23 Å². The zero-order chi connectivity index (χ0) is 10.9. The van der Waals surface area contributed by atoms with E-state index in [0.717, 1.165) is 17.9 Å². The van der Waals surface area contributed by atoms with E-state index in [1.807, 2.05) is 36.4 Å². The first-order valence-electron chi connectivity index (χ1n) is 4.96. The lowest BCUT2D eigenvalue weighted by atomic mass is 10.1. The molecule has 0 aliphatic rings. The van der Waals surface area contributed by atoms with E-state index < -0.39 is 0 Å². The summed E-state index contributed by atoms with van der Waals surface area (Å²) < 4.78 is 5.62. The molecule has 0 atom stereocenters. The average Bonchev–Trinajstić information content (AvgIpc) is 2.27. The van der Waals surface area contributed by atoms with Crippen LogP contribution in [0.3, 0.4) is 0 Å². The van der Waals surface area contributed by atoms with Crippen LogP contribution in [0.25, 0.3) is 0 Å². The molecule has 1 nitrogen and oxygen atoms in total. The van der Waals surface area contributed by atoms with Gasteiger partial charge in [-0.3, -0.25) is 0 Å². The molecule has 1 rings (SSSR count). The first-order valence-corrected chi connectivity index (χ1v) is 5.59. The molecule has 0 saturated heterocycles. The maximum absolute atomic E-state index is 5.62. The number of hydrogen-bond acceptors (Lipinski definition) is 2. The molecule has 0 bridgehead atoms. The Bertz CT molecular complexity index is 331. The van der Waals surface area contributed by atoms with Gasteiger partial charge in [-0.05, 0) is 18.1 Å². The second kappa shape index (κ2) is 7.18. The largest absolute Gasteiger partial charge is 0.489 e. The third-order valence-corrected chi connectivity index (χ3v) is 2.15. The van der Waals surface area contributed by atoms with Crippen LogP contribution in [0.4, 0.5) is 0 Å². The summed E-state index contributed by atoms with van der Waals surface area (Å²) in [5.74, 6) is 1.68. The number of benzene rings is 1. The minimum absolute atomic E-state index is 0.592. The van der Waals surface area contributed by atoms with Gasteiger partial charge in [0.1, 0.15) is 12.4 Å². The summed E-state index contributed by atoms with van der Waals surface area (Å²) in [5, 5.41) is 0. The quantitative estimate of drug-likeness (QED) is 0.572. The van der Waals surface area contributed by atoms with Crippen molar-refractivity contribution in [2.24, 2.45) is 0 Å². The average molecular weight is 220 g/mol. The molecule has 1 aromatic carbocycles. The molecule has 0 radical (unpaired) electrons. The molecule has 0 spiro atoms. The van der Waals surface area contributed by atoms with Crippen LogP contribution in [-0.4, -0.2) is 12.4 Å². The Balaban J connectivity index is 2.58. The van der Waals surface area contributed by atoms with Crippen molar-refractivity contribution in [3.05, 3.63) is 54.6 Å². The number of hydrogen-bond donors (Lipinski definition) is 1. The van der Waals surface area contributed by atoms with Crippen molar-refractivity contribution in [2.75, 3.05) is 12.4 Å². The predicted molar refractivity (Wildman–Crippen MR) is 68.8 cm³/mol. The maximum atomic E-state index is 5.62. The van der Waals surface area contributed by atoms with Crippen LogP contribution < -0.4 is 4.74 Å². The molecule has 0 saturated carbocycles. The van der Waals surface area contributed by atoms with Gasteiger partial charge in [0.15, 0.2) is 0 Å². The Morgan fingerprint density at radius 2 is 2.07 bits per heavy atom. The van der Waals surface area contributed by atoms with Crippen molar-refractivity contribution in [1.82, 2.24) is 0 Å². The van der Waals surface area contributed by atoms with E-state index in [1.54, 1.807) is 0 Å². The minimum atomic E-state index is 0.592. The lowest BCUT2D eigenvalue weighted by molar-refractivity contribution is 0.359. The highest BCUT2D eigenvalue weighted by atomic mass is 32.1. The molecule has 0 amide bonds. The van der Waals surface area contributed by atoms with Crippen molar-refractivity contribution in [2.45, 2.75) is 6.42 Å². The summed E-state index contributed by atoms with van der Waals surface area (Å²) in [7, 11) is 0. The van der Waals surface area contributed by atoms with Gasteiger partial charge in [-0.2, -0.15) is 12.6 Å². The van der Waals surface area contributed by atoms with Gasteiger partial charge < -0.3 is 4.74 Å². The van der Waals surface area contributed by atoms with Crippen LogP contribution >= 0.6 is 12.6 Å². The van der Waals surface area contributed by atoms with E-state index in [2.05, 4.69) is 25.3 Å². The number of thiol groups is 1. The van der Waals surface area contributed by atoms with Crippen LogP contribution in [-0.2, 0) is 6.42 Å². The molecule has 15 heavy (non-hydrogen) atoms. The maximum Gasteiger partial charge on any atom is 0.123 e. The molecule has 0 fully saturated rings. The van der Waals surface area contributed by atoms with Gasteiger partial charge in [-0.15, -0.1) is 6.58 Å². The Kier molecular flexibility index (Phi) is 5.71. The van der Waals surface area contributed by atoms with Crippen LogP contribution in [0.1, 0.15) is 5.56 Å². The fourth-order valence-corrected chi connectivity index (χ4v) is 1.40. The summed E-state index contributed by atoms with van der Waals surface area (Å²) in [4.78, 5) is 0. The predicted octanol–water partition coefficient (Wildman–Crippen LogP) is 3.28. The van der Waals surface area contributed by atoms with Crippen LogP contribution in [0, 0.1) is 0 Å². The Hall–Kier alpha value is -1.15. The highest BCUT2D eigenvalue weighted by Gasteiger charge is 1.98. The van der Waals surface area contributed by atoms with Gasteiger partial charge >= 0.3 is 0 Å². The second-order valence-electron chi connectivity index (χ2n) is 3.07. The minimum Gasteiger partial charge on any atom is -0.489 e. The van der Waals surface area contributed by atoms with Gasteiger partial charge in [0.2, 0.25) is 0 Å². The van der Waals surface area contributed by atoms with Gasteiger partial charge in [0.25, 0.3) is 0 Å². The third kappa shape index (κ3) is 4.26. The molecule has 0 unspecified atom stereocenters. The fourth-order valence-electron chi connectivity index (χ4n) is 1.25. The summed E-state index contributed by atoms with van der Waals surface area (Å²) in [6, 6.07) is 8.02. The van der Waals surface area contributed by atoms with E-state index in [9.17, 15) is 0 Å². The van der Waals surface area contributed by atoms with E-state index >= 15 is 0 Å². The number of allylic oxidation sites excluding steroid dienone is 1. The molecule has 2 heteroatoms. The standard InChI is InChI=1S/C13H16OS/c1-2-7-12-8-3-4-9-13(12)14-10-5-6-11-15/h2-6,8-9,15H,1,7,10-11H2. The van der Waals surface area contributed by atoms with Crippen LogP contribution in [0.5, 0.6) is 5.75 Å².